The van der Waals surface area contributed by atoms with Gasteiger partial charge in [-0.05, 0) is 24.5 Å². The highest BCUT2D eigenvalue weighted by atomic mass is 35.5. The van der Waals surface area contributed by atoms with Gasteiger partial charge in [0.05, 0.1) is 16.9 Å². The van der Waals surface area contributed by atoms with Gasteiger partial charge in [-0.3, -0.25) is 9.69 Å². The number of rotatable bonds is 8. The van der Waals surface area contributed by atoms with E-state index in [4.69, 9.17) is 23.1 Å². The molecular formula is C14H24ClN3OS. The third-order valence-corrected chi connectivity index (χ3v) is 4.42. The second-order valence-electron chi connectivity index (χ2n) is 5.45. The van der Waals surface area contributed by atoms with Crippen molar-refractivity contribution in [2.45, 2.75) is 39.3 Å². The van der Waals surface area contributed by atoms with E-state index in [0.717, 1.165) is 22.2 Å². The Balaban J connectivity index is 3.06. The highest BCUT2D eigenvalue weighted by Gasteiger charge is 2.28. The number of amides is 1. The van der Waals surface area contributed by atoms with Crippen molar-refractivity contribution >= 4 is 28.8 Å². The van der Waals surface area contributed by atoms with E-state index in [-0.39, 0.29) is 24.5 Å². The molecule has 0 fully saturated rings. The molecule has 1 rings (SSSR count). The summed E-state index contributed by atoms with van der Waals surface area (Å²) in [6.07, 6.45) is 0.827. The van der Waals surface area contributed by atoms with E-state index in [9.17, 15) is 4.79 Å². The highest BCUT2D eigenvalue weighted by Crippen LogP contribution is 2.33. The van der Waals surface area contributed by atoms with E-state index in [0.29, 0.717) is 5.92 Å². The Labute approximate surface area is 130 Å². The second-order valence-corrected chi connectivity index (χ2v) is 7.20. The van der Waals surface area contributed by atoms with Crippen molar-refractivity contribution in [1.29, 1.82) is 0 Å². The fraction of sp³-hybridized carbons (Fsp3) is 0.643. The summed E-state index contributed by atoms with van der Waals surface area (Å²) in [5.41, 5.74) is 11.7. The number of carbonyl (C=O) groups is 1. The summed E-state index contributed by atoms with van der Waals surface area (Å²) < 4.78 is 0.733. The van der Waals surface area contributed by atoms with E-state index in [2.05, 4.69) is 18.7 Å². The van der Waals surface area contributed by atoms with E-state index < -0.39 is 0 Å². The molecule has 2 atom stereocenters. The molecule has 1 heterocycles. The third-order valence-electron chi connectivity index (χ3n) is 3.11. The van der Waals surface area contributed by atoms with Crippen LogP contribution in [0.3, 0.4) is 0 Å². The van der Waals surface area contributed by atoms with Crippen molar-refractivity contribution in [2.75, 3.05) is 13.1 Å². The van der Waals surface area contributed by atoms with Gasteiger partial charge in [0.25, 0.3) is 0 Å². The highest BCUT2D eigenvalue weighted by molar-refractivity contribution is 7.16. The predicted octanol–water partition coefficient (Wildman–Crippen LogP) is 2.62. The number of nitrogens with zero attached hydrogens (tertiary/aromatic N) is 1. The summed E-state index contributed by atoms with van der Waals surface area (Å²) >= 11 is 7.55. The van der Waals surface area contributed by atoms with Crippen LogP contribution in [0.25, 0.3) is 0 Å². The quantitative estimate of drug-likeness (QED) is 0.774. The minimum absolute atomic E-state index is 0.0209. The summed E-state index contributed by atoms with van der Waals surface area (Å²) in [5.74, 6) is 0.0953. The maximum atomic E-state index is 11.4. The molecule has 0 saturated heterocycles. The second kappa shape index (κ2) is 7.98. The molecular weight excluding hydrogens is 294 g/mol. The minimum Gasteiger partial charge on any atom is -0.369 e. The molecule has 114 valence electrons. The van der Waals surface area contributed by atoms with Gasteiger partial charge in [-0.1, -0.05) is 32.4 Å². The van der Waals surface area contributed by atoms with Crippen LogP contribution >= 0.6 is 22.9 Å². The average Bonchev–Trinajstić information content (AvgIpc) is 2.74. The normalized spacial score (nSPS) is 14.8. The largest absolute Gasteiger partial charge is 0.369 e. The monoisotopic (exact) mass is 317 g/mol. The first kappa shape index (κ1) is 17.4. The van der Waals surface area contributed by atoms with Gasteiger partial charge < -0.3 is 11.5 Å². The molecule has 1 aromatic heterocycles. The maximum absolute atomic E-state index is 11.4. The summed E-state index contributed by atoms with van der Waals surface area (Å²) in [7, 11) is 0. The van der Waals surface area contributed by atoms with Gasteiger partial charge in [0.15, 0.2) is 0 Å². The van der Waals surface area contributed by atoms with Crippen molar-refractivity contribution in [3.8, 4) is 0 Å². The lowest BCUT2D eigenvalue weighted by molar-refractivity contribution is -0.120. The van der Waals surface area contributed by atoms with Crippen molar-refractivity contribution in [1.82, 2.24) is 4.90 Å². The van der Waals surface area contributed by atoms with Crippen LogP contribution in [0.1, 0.15) is 38.1 Å². The molecule has 0 aliphatic heterocycles. The van der Waals surface area contributed by atoms with Gasteiger partial charge in [0, 0.05) is 17.5 Å². The number of hydrogen-bond donors (Lipinski definition) is 2. The molecule has 4 nitrogen and oxygen atoms in total. The van der Waals surface area contributed by atoms with Crippen molar-refractivity contribution < 1.29 is 4.79 Å². The van der Waals surface area contributed by atoms with E-state index >= 15 is 0 Å². The predicted molar refractivity (Wildman–Crippen MR) is 85.9 cm³/mol. The fourth-order valence-electron chi connectivity index (χ4n) is 2.32. The minimum atomic E-state index is -0.332. The van der Waals surface area contributed by atoms with E-state index in [1.54, 1.807) is 0 Å². The van der Waals surface area contributed by atoms with E-state index in [1.807, 2.05) is 19.1 Å². The SMILES string of the molecule is CCC(N)C(c1ccc(Cl)s1)N(CC(N)=O)CC(C)C. The number of thiophene rings is 1. The van der Waals surface area contributed by atoms with E-state index in [1.165, 1.54) is 11.3 Å². The zero-order valence-corrected chi connectivity index (χ0v) is 13.9. The van der Waals surface area contributed by atoms with Crippen molar-refractivity contribution in [3.63, 3.8) is 0 Å². The molecule has 0 spiro atoms. The van der Waals surface area contributed by atoms with Gasteiger partial charge in [-0.25, -0.2) is 0 Å². The first-order valence-corrected chi connectivity index (χ1v) is 8.07. The van der Waals surface area contributed by atoms with Gasteiger partial charge in [-0.15, -0.1) is 11.3 Å². The number of nitrogens with two attached hydrogens (primary N) is 2. The molecule has 0 radical (unpaired) electrons. The molecule has 4 N–H and O–H groups in total. The molecule has 0 aromatic carbocycles. The van der Waals surface area contributed by atoms with Crippen LogP contribution < -0.4 is 11.5 Å². The standard InChI is InChI=1S/C14H24ClN3OS/c1-4-10(16)14(11-5-6-12(15)20-11)18(7-9(2)3)8-13(17)19/h5-6,9-10,14H,4,7-8,16H2,1-3H3,(H2,17,19). The van der Waals surface area contributed by atoms with Crippen LogP contribution in [0, 0.1) is 5.92 Å². The zero-order chi connectivity index (χ0) is 15.3. The van der Waals surface area contributed by atoms with Gasteiger partial charge >= 0.3 is 0 Å². The Kier molecular flexibility index (Phi) is 6.95. The lowest BCUT2D eigenvalue weighted by Gasteiger charge is -2.35. The smallest absolute Gasteiger partial charge is 0.231 e. The molecule has 6 heteroatoms. The Morgan fingerprint density at radius 1 is 1.45 bits per heavy atom. The van der Waals surface area contributed by atoms with Crippen LogP contribution in [-0.2, 0) is 4.79 Å². The fourth-order valence-corrected chi connectivity index (χ4v) is 3.59. The zero-order valence-electron chi connectivity index (χ0n) is 12.3. The lowest BCUT2D eigenvalue weighted by Crippen LogP contribution is -2.45. The van der Waals surface area contributed by atoms with Crippen LogP contribution in [0.4, 0.5) is 0 Å². The van der Waals surface area contributed by atoms with Gasteiger partial charge in [0.2, 0.25) is 5.91 Å². The summed E-state index contributed by atoms with van der Waals surface area (Å²) in [5, 5.41) is 0. The maximum Gasteiger partial charge on any atom is 0.231 e. The first-order valence-electron chi connectivity index (χ1n) is 6.88. The molecule has 0 aliphatic carbocycles. The Morgan fingerprint density at radius 3 is 2.50 bits per heavy atom. The Hall–Kier alpha value is -0.620. The van der Waals surface area contributed by atoms with Crippen molar-refractivity contribution in [2.24, 2.45) is 17.4 Å². The Bertz CT molecular complexity index is 436. The summed E-state index contributed by atoms with van der Waals surface area (Å²) in [6, 6.07) is 3.78. The van der Waals surface area contributed by atoms with Gasteiger partial charge in [0.1, 0.15) is 0 Å². The number of carbonyl (C=O) groups excluding carboxylic acids is 1. The average molecular weight is 318 g/mol. The molecule has 1 aromatic rings. The van der Waals surface area contributed by atoms with Crippen LogP contribution in [0.15, 0.2) is 12.1 Å². The van der Waals surface area contributed by atoms with Crippen LogP contribution in [0.2, 0.25) is 4.34 Å². The number of primary amides is 1. The third kappa shape index (κ3) is 5.05. The van der Waals surface area contributed by atoms with Crippen molar-refractivity contribution in [3.05, 3.63) is 21.3 Å². The van der Waals surface area contributed by atoms with Crippen LogP contribution in [-0.4, -0.2) is 29.9 Å². The molecule has 20 heavy (non-hydrogen) atoms. The molecule has 0 saturated carbocycles. The topological polar surface area (TPSA) is 72.3 Å². The molecule has 1 amide bonds. The molecule has 0 bridgehead atoms. The molecule has 2 unspecified atom stereocenters. The summed E-state index contributed by atoms with van der Waals surface area (Å²) in [4.78, 5) is 14.5. The Morgan fingerprint density at radius 2 is 2.10 bits per heavy atom. The number of hydrogen-bond acceptors (Lipinski definition) is 4. The van der Waals surface area contributed by atoms with Gasteiger partial charge in [-0.2, -0.15) is 0 Å². The molecule has 0 aliphatic rings. The lowest BCUT2D eigenvalue weighted by atomic mass is 10.0. The van der Waals surface area contributed by atoms with Crippen LogP contribution in [0.5, 0.6) is 0 Å². The first-order chi connectivity index (χ1) is 9.35. The number of halogens is 1. The summed E-state index contributed by atoms with van der Waals surface area (Å²) in [6.45, 7) is 7.27.